The normalized spacial score (nSPS) is 11.9. The molecule has 0 aliphatic heterocycles. The fourth-order valence-corrected chi connectivity index (χ4v) is 3.19. The molecule has 7 heteroatoms. The summed E-state index contributed by atoms with van der Waals surface area (Å²) in [6, 6.07) is 9.09. The largest absolute Gasteiger partial charge is 0.492 e. The van der Waals surface area contributed by atoms with Crippen molar-refractivity contribution in [1.82, 2.24) is 9.55 Å². The van der Waals surface area contributed by atoms with Crippen molar-refractivity contribution in [2.24, 2.45) is 0 Å². The van der Waals surface area contributed by atoms with Gasteiger partial charge in [0, 0.05) is 18.2 Å². The molecule has 0 bridgehead atoms. The standard InChI is InChI=1S/C20H25BrN2O4/c1-4-18-22-14(3)12-19(24)23(18)10-11-27-16-8-6-15(7-9-16)13-17(21)20(25)26-5-2/h6-9,12,17H,4-5,10-11,13H2,1-3H3/t17-/m1/s1. The highest BCUT2D eigenvalue weighted by Gasteiger charge is 2.16. The van der Waals surface area contributed by atoms with Crippen LogP contribution in [-0.4, -0.2) is 33.6 Å². The van der Waals surface area contributed by atoms with Gasteiger partial charge in [0.2, 0.25) is 0 Å². The Morgan fingerprint density at radius 3 is 2.59 bits per heavy atom. The number of aryl methyl sites for hydroxylation is 2. The predicted molar refractivity (Wildman–Crippen MR) is 108 cm³/mol. The van der Waals surface area contributed by atoms with Gasteiger partial charge in [0.05, 0.1) is 13.2 Å². The van der Waals surface area contributed by atoms with Crippen LogP contribution < -0.4 is 10.3 Å². The van der Waals surface area contributed by atoms with E-state index < -0.39 is 0 Å². The van der Waals surface area contributed by atoms with E-state index in [0.29, 0.717) is 38.3 Å². The van der Waals surface area contributed by atoms with Crippen LogP contribution in [-0.2, 0) is 28.9 Å². The summed E-state index contributed by atoms with van der Waals surface area (Å²) < 4.78 is 12.4. The number of rotatable bonds is 9. The molecule has 2 aromatic rings. The number of esters is 1. The summed E-state index contributed by atoms with van der Waals surface area (Å²) in [6.07, 6.45) is 1.24. The topological polar surface area (TPSA) is 70.4 Å². The van der Waals surface area contributed by atoms with E-state index in [-0.39, 0.29) is 16.4 Å². The molecule has 0 saturated carbocycles. The average Bonchev–Trinajstić information content (AvgIpc) is 2.64. The predicted octanol–water partition coefficient (Wildman–Crippen LogP) is 3.06. The lowest BCUT2D eigenvalue weighted by atomic mass is 10.1. The Morgan fingerprint density at radius 1 is 1.26 bits per heavy atom. The zero-order chi connectivity index (χ0) is 19.8. The molecule has 146 valence electrons. The van der Waals surface area contributed by atoms with Gasteiger partial charge in [-0.2, -0.15) is 0 Å². The van der Waals surface area contributed by atoms with E-state index in [1.165, 1.54) is 6.07 Å². The Morgan fingerprint density at radius 2 is 1.96 bits per heavy atom. The molecule has 1 atom stereocenters. The van der Waals surface area contributed by atoms with Crippen molar-refractivity contribution in [3.05, 3.63) is 57.8 Å². The van der Waals surface area contributed by atoms with Crippen LogP contribution in [0.1, 0.15) is 30.9 Å². The van der Waals surface area contributed by atoms with Gasteiger partial charge in [-0.1, -0.05) is 35.0 Å². The van der Waals surface area contributed by atoms with Crippen molar-refractivity contribution in [1.29, 1.82) is 0 Å². The number of ether oxygens (including phenoxy) is 2. The van der Waals surface area contributed by atoms with Gasteiger partial charge in [0.25, 0.3) is 5.56 Å². The highest BCUT2D eigenvalue weighted by Crippen LogP contribution is 2.16. The monoisotopic (exact) mass is 436 g/mol. The van der Waals surface area contributed by atoms with Crippen molar-refractivity contribution in [2.75, 3.05) is 13.2 Å². The molecular formula is C20H25BrN2O4. The van der Waals surface area contributed by atoms with Gasteiger partial charge < -0.3 is 9.47 Å². The van der Waals surface area contributed by atoms with Crippen molar-refractivity contribution < 1.29 is 14.3 Å². The number of aromatic nitrogens is 2. The average molecular weight is 437 g/mol. The fraction of sp³-hybridized carbons (Fsp3) is 0.450. The highest BCUT2D eigenvalue weighted by molar-refractivity contribution is 9.10. The minimum Gasteiger partial charge on any atom is -0.492 e. The molecule has 0 unspecified atom stereocenters. The number of carbonyl (C=O) groups excluding carboxylic acids is 1. The van der Waals surface area contributed by atoms with Crippen molar-refractivity contribution in [3.63, 3.8) is 0 Å². The molecular weight excluding hydrogens is 412 g/mol. The van der Waals surface area contributed by atoms with Crippen molar-refractivity contribution in [3.8, 4) is 5.75 Å². The molecule has 1 aromatic carbocycles. The lowest BCUT2D eigenvalue weighted by molar-refractivity contribution is -0.142. The lowest BCUT2D eigenvalue weighted by Gasteiger charge is -2.13. The third-order valence-electron chi connectivity index (χ3n) is 4.00. The van der Waals surface area contributed by atoms with Gasteiger partial charge in [0.1, 0.15) is 23.0 Å². The Labute approximate surface area is 167 Å². The van der Waals surface area contributed by atoms with Crippen LogP contribution in [0.25, 0.3) is 0 Å². The second-order valence-corrected chi connectivity index (χ2v) is 7.18. The number of halogens is 1. The van der Waals surface area contributed by atoms with E-state index in [1.54, 1.807) is 11.5 Å². The van der Waals surface area contributed by atoms with Crippen LogP contribution in [0, 0.1) is 6.92 Å². The van der Waals surface area contributed by atoms with E-state index in [0.717, 1.165) is 17.1 Å². The molecule has 0 saturated heterocycles. The molecule has 2 rings (SSSR count). The van der Waals surface area contributed by atoms with Gasteiger partial charge in [-0.15, -0.1) is 0 Å². The zero-order valence-electron chi connectivity index (χ0n) is 15.9. The number of hydrogen-bond donors (Lipinski definition) is 0. The maximum absolute atomic E-state index is 12.1. The molecule has 0 aliphatic rings. The van der Waals surface area contributed by atoms with Crippen LogP contribution in [0.4, 0.5) is 0 Å². The smallest absolute Gasteiger partial charge is 0.320 e. The molecule has 0 N–H and O–H groups in total. The summed E-state index contributed by atoms with van der Waals surface area (Å²) in [7, 11) is 0. The molecule has 1 heterocycles. The van der Waals surface area contributed by atoms with Gasteiger partial charge >= 0.3 is 5.97 Å². The zero-order valence-corrected chi connectivity index (χ0v) is 17.5. The Hall–Kier alpha value is -2.15. The quantitative estimate of drug-likeness (QED) is 0.446. The van der Waals surface area contributed by atoms with Crippen LogP contribution in [0.2, 0.25) is 0 Å². The first-order chi connectivity index (χ1) is 12.9. The van der Waals surface area contributed by atoms with E-state index in [1.807, 2.05) is 38.1 Å². The summed E-state index contributed by atoms with van der Waals surface area (Å²) in [5.74, 6) is 1.22. The van der Waals surface area contributed by atoms with Crippen molar-refractivity contribution >= 4 is 21.9 Å². The lowest BCUT2D eigenvalue weighted by Crippen LogP contribution is -2.27. The Kier molecular flexibility index (Phi) is 8.03. The van der Waals surface area contributed by atoms with E-state index in [9.17, 15) is 9.59 Å². The minimum atomic E-state index is -0.363. The van der Waals surface area contributed by atoms with Crippen LogP contribution in [0.3, 0.4) is 0 Å². The SMILES string of the molecule is CCOC(=O)[C@H](Br)Cc1ccc(OCCn2c(CC)nc(C)cc2=O)cc1. The number of nitrogens with zero attached hydrogens (tertiary/aromatic N) is 2. The fourth-order valence-electron chi connectivity index (χ4n) is 2.69. The van der Waals surface area contributed by atoms with Crippen LogP contribution in [0.5, 0.6) is 5.75 Å². The maximum Gasteiger partial charge on any atom is 0.320 e. The van der Waals surface area contributed by atoms with Crippen molar-refractivity contribution in [2.45, 2.75) is 45.0 Å². The van der Waals surface area contributed by atoms with Gasteiger partial charge in [-0.25, -0.2) is 4.98 Å². The molecule has 6 nitrogen and oxygen atoms in total. The first-order valence-corrected chi connectivity index (χ1v) is 9.96. The third-order valence-corrected chi connectivity index (χ3v) is 4.69. The van der Waals surface area contributed by atoms with E-state index >= 15 is 0 Å². The third kappa shape index (κ3) is 6.20. The van der Waals surface area contributed by atoms with Crippen LogP contribution >= 0.6 is 15.9 Å². The second-order valence-electron chi connectivity index (χ2n) is 6.07. The molecule has 0 spiro atoms. The first-order valence-electron chi connectivity index (χ1n) is 9.04. The van der Waals surface area contributed by atoms with Crippen LogP contribution in [0.15, 0.2) is 35.1 Å². The Bertz CT molecular complexity index is 818. The molecule has 0 amide bonds. The first kappa shape index (κ1) is 21.2. The number of benzene rings is 1. The summed E-state index contributed by atoms with van der Waals surface area (Å²) in [4.78, 5) is 27.8. The molecule has 27 heavy (non-hydrogen) atoms. The molecule has 0 aliphatic carbocycles. The summed E-state index contributed by atoms with van der Waals surface area (Å²) in [5.41, 5.74) is 1.68. The molecule has 0 radical (unpaired) electrons. The van der Waals surface area contributed by atoms with E-state index in [2.05, 4.69) is 20.9 Å². The number of hydrogen-bond acceptors (Lipinski definition) is 5. The van der Waals surface area contributed by atoms with Gasteiger partial charge in [-0.3, -0.25) is 14.2 Å². The van der Waals surface area contributed by atoms with Gasteiger partial charge in [0.15, 0.2) is 0 Å². The van der Waals surface area contributed by atoms with Gasteiger partial charge in [-0.05, 0) is 38.0 Å². The molecule has 0 fully saturated rings. The summed E-state index contributed by atoms with van der Waals surface area (Å²) >= 11 is 3.35. The summed E-state index contributed by atoms with van der Waals surface area (Å²) in [5, 5.41) is 0. The highest BCUT2D eigenvalue weighted by atomic mass is 79.9. The van der Waals surface area contributed by atoms with E-state index in [4.69, 9.17) is 9.47 Å². The number of alkyl halides is 1. The second kappa shape index (κ2) is 10.3. The number of carbonyl (C=O) groups is 1. The Balaban J connectivity index is 1.91. The maximum atomic E-state index is 12.1. The minimum absolute atomic E-state index is 0.0550. The summed E-state index contributed by atoms with van der Waals surface area (Å²) in [6.45, 7) is 6.78. The molecule has 1 aromatic heterocycles.